The van der Waals surface area contributed by atoms with Gasteiger partial charge in [0.1, 0.15) is 0 Å². The van der Waals surface area contributed by atoms with Crippen molar-refractivity contribution in [1.82, 2.24) is 14.1 Å². The highest BCUT2D eigenvalue weighted by Crippen LogP contribution is 2.24. The smallest absolute Gasteiger partial charge is 0.289 e. The lowest BCUT2D eigenvalue weighted by atomic mass is 9.99. The average Bonchev–Trinajstić information content (AvgIpc) is 3.22. The number of nitrogens with zero attached hydrogens (tertiary/aromatic N) is 3. The van der Waals surface area contributed by atoms with Gasteiger partial charge in [0.05, 0.1) is 12.5 Å². The largest absolute Gasteiger partial charge is 0.459 e. The van der Waals surface area contributed by atoms with Gasteiger partial charge in [-0.1, -0.05) is 0 Å². The Bertz CT molecular complexity index is 731. The number of hydrogen-bond donors (Lipinski definition) is 0. The molecule has 0 aliphatic carbocycles. The Kier molecular flexibility index (Phi) is 7.14. The molecular weight excluding hydrogens is 382 g/mol. The predicted octanol–water partition coefficient (Wildman–Crippen LogP) is 1.26. The molecule has 2 fully saturated rings. The molecule has 158 valence electrons. The summed E-state index contributed by atoms with van der Waals surface area (Å²) in [6.45, 7) is 3.83. The van der Waals surface area contributed by atoms with Crippen molar-refractivity contribution in [2.45, 2.75) is 37.8 Å². The minimum atomic E-state index is -3.19. The molecule has 2 aliphatic heterocycles. The number of sulfonamides is 1. The molecule has 0 aromatic carbocycles. The summed E-state index contributed by atoms with van der Waals surface area (Å²) in [5, 5.41) is 0. The maximum Gasteiger partial charge on any atom is 0.289 e. The van der Waals surface area contributed by atoms with E-state index >= 15 is 0 Å². The molecule has 1 amide bonds. The van der Waals surface area contributed by atoms with Crippen molar-refractivity contribution >= 4 is 15.9 Å². The van der Waals surface area contributed by atoms with E-state index in [1.54, 1.807) is 28.4 Å². The highest BCUT2D eigenvalue weighted by atomic mass is 32.2. The van der Waals surface area contributed by atoms with Gasteiger partial charge in [0, 0.05) is 58.5 Å². The topological polar surface area (TPSA) is 83.3 Å². The Hall–Kier alpha value is -1.42. The zero-order valence-electron chi connectivity index (χ0n) is 16.7. The van der Waals surface area contributed by atoms with Gasteiger partial charge in [-0.05, 0) is 37.8 Å². The van der Waals surface area contributed by atoms with E-state index in [1.807, 2.05) is 0 Å². The zero-order valence-corrected chi connectivity index (χ0v) is 17.6. The van der Waals surface area contributed by atoms with E-state index in [2.05, 4.69) is 4.90 Å². The molecule has 2 saturated heterocycles. The number of piperidine rings is 1. The minimum absolute atomic E-state index is 0.140. The Morgan fingerprint density at radius 1 is 1.21 bits per heavy atom. The summed E-state index contributed by atoms with van der Waals surface area (Å²) in [6, 6.07) is 3.89. The van der Waals surface area contributed by atoms with E-state index < -0.39 is 10.0 Å². The van der Waals surface area contributed by atoms with Crippen molar-refractivity contribution in [3.8, 4) is 0 Å². The first-order chi connectivity index (χ1) is 13.4. The number of rotatable bonds is 7. The van der Waals surface area contributed by atoms with Gasteiger partial charge in [-0.3, -0.25) is 9.69 Å². The van der Waals surface area contributed by atoms with Crippen LogP contribution in [0.25, 0.3) is 0 Å². The number of likely N-dealkylation sites (N-methyl/N-ethyl adjacent to an activating group) is 1. The van der Waals surface area contributed by atoms with Gasteiger partial charge in [-0.25, -0.2) is 12.7 Å². The molecule has 1 unspecified atom stereocenters. The van der Waals surface area contributed by atoms with Crippen LogP contribution in [0.15, 0.2) is 22.8 Å². The molecule has 2 aliphatic rings. The van der Waals surface area contributed by atoms with Crippen molar-refractivity contribution < 1.29 is 22.4 Å². The Morgan fingerprint density at radius 3 is 2.61 bits per heavy atom. The lowest BCUT2D eigenvalue weighted by Gasteiger charge is -2.44. The fourth-order valence-corrected chi connectivity index (χ4v) is 5.03. The van der Waals surface area contributed by atoms with Gasteiger partial charge in [-0.2, -0.15) is 0 Å². The van der Waals surface area contributed by atoms with E-state index in [0.717, 1.165) is 38.9 Å². The van der Waals surface area contributed by atoms with Crippen molar-refractivity contribution in [1.29, 1.82) is 0 Å². The fourth-order valence-electron chi connectivity index (χ4n) is 4.13. The number of furan rings is 1. The van der Waals surface area contributed by atoms with Crippen molar-refractivity contribution in [3.05, 3.63) is 24.2 Å². The molecule has 9 heteroatoms. The Labute approximate surface area is 167 Å². The first-order valence-electron chi connectivity index (χ1n) is 9.94. The molecule has 0 bridgehead atoms. The second-order valence-corrected chi connectivity index (χ2v) is 9.68. The SMILES string of the molecule is CN(CCN(C1CCOCC1)C1CCCN(S(C)(=O)=O)C1)C(=O)c1ccco1. The normalized spacial score (nSPS) is 22.5. The summed E-state index contributed by atoms with van der Waals surface area (Å²) >= 11 is 0. The number of hydrogen-bond acceptors (Lipinski definition) is 6. The van der Waals surface area contributed by atoms with E-state index in [1.165, 1.54) is 12.5 Å². The Balaban J connectivity index is 1.67. The van der Waals surface area contributed by atoms with E-state index in [0.29, 0.717) is 38.0 Å². The minimum Gasteiger partial charge on any atom is -0.459 e. The van der Waals surface area contributed by atoms with Crippen molar-refractivity contribution in [2.24, 2.45) is 0 Å². The lowest BCUT2D eigenvalue weighted by molar-refractivity contribution is 0.00306. The number of amides is 1. The van der Waals surface area contributed by atoms with E-state index in [-0.39, 0.29) is 11.9 Å². The van der Waals surface area contributed by atoms with Crippen LogP contribution < -0.4 is 0 Å². The summed E-state index contributed by atoms with van der Waals surface area (Å²) in [7, 11) is -1.42. The second-order valence-electron chi connectivity index (χ2n) is 7.70. The second kappa shape index (κ2) is 9.39. The van der Waals surface area contributed by atoms with Gasteiger partial charge in [0.15, 0.2) is 5.76 Å². The third-order valence-electron chi connectivity index (χ3n) is 5.73. The van der Waals surface area contributed by atoms with Gasteiger partial charge < -0.3 is 14.1 Å². The standard InChI is InChI=1S/C19H31N3O5S/c1-20(19(23)18-6-4-12-27-18)10-11-22(16-7-13-26-14-8-16)17-5-3-9-21(15-17)28(2,24)25/h4,6,12,16-17H,3,5,7-11,13-15H2,1-2H3. The van der Waals surface area contributed by atoms with Gasteiger partial charge in [0.25, 0.3) is 5.91 Å². The van der Waals surface area contributed by atoms with Gasteiger partial charge >= 0.3 is 0 Å². The van der Waals surface area contributed by atoms with Crippen LogP contribution in [0.4, 0.5) is 0 Å². The molecule has 1 aromatic heterocycles. The molecule has 1 atom stereocenters. The first kappa shape index (κ1) is 21.3. The predicted molar refractivity (Wildman–Crippen MR) is 106 cm³/mol. The Morgan fingerprint density at radius 2 is 1.96 bits per heavy atom. The van der Waals surface area contributed by atoms with Gasteiger partial charge in [-0.15, -0.1) is 0 Å². The highest BCUT2D eigenvalue weighted by molar-refractivity contribution is 7.88. The van der Waals surface area contributed by atoms with E-state index in [9.17, 15) is 13.2 Å². The van der Waals surface area contributed by atoms with Crippen LogP contribution in [-0.4, -0.2) is 93.2 Å². The number of carbonyl (C=O) groups is 1. The summed E-state index contributed by atoms with van der Waals surface area (Å²) in [5.41, 5.74) is 0. The molecule has 3 rings (SSSR count). The average molecular weight is 414 g/mol. The summed E-state index contributed by atoms with van der Waals surface area (Å²) in [6.07, 6.45) is 6.48. The molecule has 0 spiro atoms. The van der Waals surface area contributed by atoms with Gasteiger partial charge in [0.2, 0.25) is 10.0 Å². The van der Waals surface area contributed by atoms with Crippen LogP contribution in [0.3, 0.4) is 0 Å². The molecule has 1 aromatic rings. The van der Waals surface area contributed by atoms with Crippen LogP contribution in [0.2, 0.25) is 0 Å². The molecule has 0 saturated carbocycles. The fraction of sp³-hybridized carbons (Fsp3) is 0.737. The monoisotopic (exact) mass is 413 g/mol. The van der Waals surface area contributed by atoms with Crippen LogP contribution in [0.5, 0.6) is 0 Å². The third-order valence-corrected chi connectivity index (χ3v) is 7.00. The number of carbonyl (C=O) groups excluding carboxylic acids is 1. The summed E-state index contributed by atoms with van der Waals surface area (Å²) in [5.74, 6) is 0.194. The third kappa shape index (κ3) is 5.34. The van der Waals surface area contributed by atoms with Crippen molar-refractivity contribution in [3.63, 3.8) is 0 Å². The first-order valence-corrected chi connectivity index (χ1v) is 11.8. The number of ether oxygens (including phenoxy) is 1. The summed E-state index contributed by atoms with van der Waals surface area (Å²) < 4.78 is 36.4. The molecular formula is C19H31N3O5S. The molecule has 0 radical (unpaired) electrons. The van der Waals surface area contributed by atoms with Crippen molar-refractivity contribution in [2.75, 3.05) is 52.7 Å². The van der Waals surface area contributed by atoms with Crippen LogP contribution in [0.1, 0.15) is 36.2 Å². The molecule has 0 N–H and O–H groups in total. The lowest BCUT2D eigenvalue weighted by Crippen LogP contribution is -2.55. The maximum absolute atomic E-state index is 12.5. The molecule has 8 nitrogen and oxygen atoms in total. The van der Waals surface area contributed by atoms with E-state index in [4.69, 9.17) is 9.15 Å². The molecule has 3 heterocycles. The van der Waals surface area contributed by atoms with Crippen LogP contribution in [0, 0.1) is 0 Å². The van der Waals surface area contributed by atoms with Crippen LogP contribution in [-0.2, 0) is 14.8 Å². The maximum atomic E-state index is 12.5. The highest BCUT2D eigenvalue weighted by Gasteiger charge is 2.34. The van der Waals surface area contributed by atoms with Crippen LogP contribution >= 0.6 is 0 Å². The summed E-state index contributed by atoms with van der Waals surface area (Å²) in [4.78, 5) is 16.5. The molecule has 28 heavy (non-hydrogen) atoms. The zero-order chi connectivity index (χ0) is 20.1. The quantitative estimate of drug-likeness (QED) is 0.669.